The minimum Gasteiger partial charge on any atom is -0.452 e. The second-order valence-electron chi connectivity index (χ2n) is 5.74. The molecular weight excluding hydrogens is 392 g/mol. The van der Waals surface area contributed by atoms with Gasteiger partial charge in [-0.2, -0.15) is 0 Å². The van der Waals surface area contributed by atoms with Crippen LogP contribution in [0.1, 0.15) is 15.9 Å². The van der Waals surface area contributed by atoms with E-state index < -0.39 is 47.5 Å². The lowest BCUT2D eigenvalue weighted by molar-refractivity contribution is -0.385. The number of hydrogen-bond donors (Lipinski definition) is 2. The summed E-state index contributed by atoms with van der Waals surface area (Å²) in [5.41, 5.74) is -0.245. The van der Waals surface area contributed by atoms with Crippen LogP contribution in [0, 0.1) is 28.7 Å². The van der Waals surface area contributed by atoms with Crippen LogP contribution >= 0.6 is 0 Å². The fourth-order valence-corrected chi connectivity index (χ4v) is 2.26. The van der Waals surface area contributed by atoms with E-state index in [2.05, 4.69) is 10.6 Å². The summed E-state index contributed by atoms with van der Waals surface area (Å²) < 4.78 is 30.7. The number of esters is 1. The average molecular weight is 407 g/mol. The van der Waals surface area contributed by atoms with Crippen LogP contribution in [-0.4, -0.2) is 35.9 Å². The maximum atomic E-state index is 13.1. The summed E-state index contributed by atoms with van der Waals surface area (Å²) in [7, 11) is 0. The number of rotatable bonds is 7. The van der Waals surface area contributed by atoms with Gasteiger partial charge in [-0.25, -0.2) is 13.6 Å². The minimum absolute atomic E-state index is 0.00396. The van der Waals surface area contributed by atoms with Crippen LogP contribution in [0.5, 0.6) is 0 Å². The zero-order valence-corrected chi connectivity index (χ0v) is 15.0. The molecule has 0 fully saturated rings. The van der Waals surface area contributed by atoms with Crippen molar-refractivity contribution in [2.75, 3.05) is 18.5 Å². The van der Waals surface area contributed by atoms with Crippen molar-refractivity contribution in [2.45, 2.75) is 6.92 Å². The molecule has 2 aromatic carbocycles. The van der Waals surface area contributed by atoms with E-state index in [1.165, 1.54) is 25.1 Å². The molecule has 0 aliphatic heterocycles. The molecule has 0 spiro atoms. The van der Waals surface area contributed by atoms with E-state index in [0.717, 1.165) is 18.2 Å². The van der Waals surface area contributed by atoms with Crippen molar-refractivity contribution in [3.05, 3.63) is 69.3 Å². The molecule has 0 heterocycles. The van der Waals surface area contributed by atoms with E-state index in [4.69, 9.17) is 4.74 Å². The molecule has 9 nitrogen and oxygen atoms in total. The maximum absolute atomic E-state index is 13.1. The van der Waals surface area contributed by atoms with Crippen LogP contribution in [-0.2, 0) is 14.3 Å². The topological polar surface area (TPSA) is 128 Å². The van der Waals surface area contributed by atoms with Crippen molar-refractivity contribution >= 4 is 29.2 Å². The number of nitro benzene ring substituents is 1. The number of amides is 2. The van der Waals surface area contributed by atoms with Gasteiger partial charge in [0, 0.05) is 23.4 Å². The van der Waals surface area contributed by atoms with Crippen molar-refractivity contribution in [3.8, 4) is 0 Å². The van der Waals surface area contributed by atoms with Crippen molar-refractivity contribution in [1.82, 2.24) is 5.32 Å². The third-order valence-corrected chi connectivity index (χ3v) is 3.71. The number of nitro groups is 1. The number of nitrogens with one attached hydrogen (secondary N) is 2. The Morgan fingerprint density at radius 3 is 2.48 bits per heavy atom. The molecule has 0 saturated carbocycles. The quantitative estimate of drug-likeness (QED) is 0.411. The summed E-state index contributed by atoms with van der Waals surface area (Å²) in [6.07, 6.45) is 0. The summed E-state index contributed by atoms with van der Waals surface area (Å²) in [6, 6.07) is 6.60. The number of carbonyl (C=O) groups excluding carboxylic acids is 3. The van der Waals surface area contributed by atoms with E-state index in [0.29, 0.717) is 0 Å². The zero-order chi connectivity index (χ0) is 21.6. The van der Waals surface area contributed by atoms with Gasteiger partial charge in [0.2, 0.25) is 5.91 Å². The smallest absolute Gasteiger partial charge is 0.339 e. The largest absolute Gasteiger partial charge is 0.452 e. The monoisotopic (exact) mass is 407 g/mol. The number of halogens is 2. The third-order valence-electron chi connectivity index (χ3n) is 3.71. The minimum atomic E-state index is -1.14. The Bertz CT molecular complexity index is 980. The molecule has 0 aliphatic carbocycles. The van der Waals surface area contributed by atoms with Gasteiger partial charge in [-0.1, -0.05) is 6.07 Å². The molecule has 29 heavy (non-hydrogen) atoms. The Balaban J connectivity index is 1.83. The summed E-state index contributed by atoms with van der Waals surface area (Å²) in [5.74, 6) is -4.67. The van der Waals surface area contributed by atoms with Gasteiger partial charge in [-0.05, 0) is 25.1 Å². The second kappa shape index (κ2) is 9.35. The van der Waals surface area contributed by atoms with Gasteiger partial charge in [0.15, 0.2) is 18.2 Å². The van der Waals surface area contributed by atoms with Crippen LogP contribution < -0.4 is 10.6 Å². The Hall–Kier alpha value is -3.89. The van der Waals surface area contributed by atoms with Crippen molar-refractivity contribution < 1.29 is 32.8 Å². The molecule has 11 heteroatoms. The van der Waals surface area contributed by atoms with Crippen molar-refractivity contribution in [2.24, 2.45) is 0 Å². The summed E-state index contributed by atoms with van der Waals surface area (Å²) in [6.45, 7) is 0.141. The summed E-state index contributed by atoms with van der Waals surface area (Å²) >= 11 is 0. The highest BCUT2D eigenvalue weighted by Gasteiger charge is 2.19. The molecule has 0 aromatic heterocycles. The molecule has 2 aromatic rings. The first-order valence-electron chi connectivity index (χ1n) is 8.11. The predicted molar refractivity (Wildman–Crippen MR) is 96.1 cm³/mol. The first kappa shape index (κ1) is 21.4. The van der Waals surface area contributed by atoms with Gasteiger partial charge in [0.25, 0.3) is 11.6 Å². The highest BCUT2D eigenvalue weighted by Crippen LogP contribution is 2.21. The molecule has 0 radical (unpaired) electrons. The van der Waals surface area contributed by atoms with Crippen molar-refractivity contribution in [3.63, 3.8) is 0 Å². The molecule has 152 valence electrons. The van der Waals surface area contributed by atoms with E-state index in [9.17, 15) is 33.3 Å². The van der Waals surface area contributed by atoms with Gasteiger partial charge in [0.05, 0.1) is 17.0 Å². The lowest BCUT2D eigenvalue weighted by Gasteiger charge is -2.09. The van der Waals surface area contributed by atoms with E-state index in [1.807, 2.05) is 0 Å². The number of ether oxygens (including phenoxy) is 1. The first-order chi connectivity index (χ1) is 13.7. The SMILES string of the molecule is Cc1c(C(=O)OCC(=O)NCC(=O)Nc2ccc(F)c(F)c2)cccc1[N+](=O)[O-]. The molecule has 0 bridgehead atoms. The Morgan fingerprint density at radius 2 is 1.83 bits per heavy atom. The molecule has 2 rings (SSSR count). The van der Waals surface area contributed by atoms with Gasteiger partial charge in [0.1, 0.15) is 0 Å². The van der Waals surface area contributed by atoms with Crippen LogP contribution in [0.25, 0.3) is 0 Å². The van der Waals surface area contributed by atoms with Crippen LogP contribution in [0.4, 0.5) is 20.2 Å². The van der Waals surface area contributed by atoms with Gasteiger partial charge < -0.3 is 15.4 Å². The molecule has 2 amide bonds. The van der Waals surface area contributed by atoms with Gasteiger partial charge >= 0.3 is 5.97 Å². The van der Waals surface area contributed by atoms with E-state index in [1.54, 1.807) is 0 Å². The third kappa shape index (κ3) is 5.79. The fourth-order valence-electron chi connectivity index (χ4n) is 2.26. The molecule has 0 saturated heterocycles. The zero-order valence-electron chi connectivity index (χ0n) is 15.0. The lowest BCUT2D eigenvalue weighted by atomic mass is 10.1. The number of benzene rings is 2. The Kier molecular flexibility index (Phi) is 6.90. The predicted octanol–water partition coefficient (Wildman–Crippen LogP) is 2.09. The standard InChI is InChI=1S/C18H15F2N3O6/c1-10-12(3-2-4-15(10)23(27)28)18(26)29-9-17(25)21-8-16(24)22-11-5-6-13(19)14(20)7-11/h2-7H,8-9H2,1H3,(H,21,25)(H,22,24). The van der Waals surface area contributed by atoms with Crippen LogP contribution in [0.3, 0.4) is 0 Å². The molecule has 2 N–H and O–H groups in total. The maximum Gasteiger partial charge on any atom is 0.339 e. The van der Waals surface area contributed by atoms with Crippen LogP contribution in [0.2, 0.25) is 0 Å². The Morgan fingerprint density at radius 1 is 1.10 bits per heavy atom. The number of carbonyl (C=O) groups is 3. The van der Waals surface area contributed by atoms with Crippen LogP contribution in [0.15, 0.2) is 36.4 Å². The molecule has 0 atom stereocenters. The van der Waals surface area contributed by atoms with E-state index in [-0.39, 0.29) is 22.5 Å². The fraction of sp³-hybridized carbons (Fsp3) is 0.167. The molecular formula is C18H15F2N3O6. The molecule has 0 unspecified atom stereocenters. The first-order valence-corrected chi connectivity index (χ1v) is 8.11. The van der Waals surface area contributed by atoms with Crippen molar-refractivity contribution in [1.29, 1.82) is 0 Å². The Labute approximate surface area is 162 Å². The summed E-state index contributed by atoms with van der Waals surface area (Å²) in [4.78, 5) is 45.7. The number of anilines is 1. The summed E-state index contributed by atoms with van der Waals surface area (Å²) in [5, 5.41) is 15.3. The highest BCUT2D eigenvalue weighted by atomic mass is 19.2. The van der Waals surface area contributed by atoms with Gasteiger partial charge in [-0.3, -0.25) is 19.7 Å². The molecule has 0 aliphatic rings. The average Bonchev–Trinajstić information content (AvgIpc) is 2.67. The second-order valence-corrected chi connectivity index (χ2v) is 5.74. The number of hydrogen-bond acceptors (Lipinski definition) is 6. The van der Waals surface area contributed by atoms with E-state index >= 15 is 0 Å². The number of nitrogens with zero attached hydrogens (tertiary/aromatic N) is 1. The normalized spacial score (nSPS) is 10.2. The highest BCUT2D eigenvalue weighted by molar-refractivity contribution is 5.96. The lowest BCUT2D eigenvalue weighted by Crippen LogP contribution is -2.35. The van der Waals surface area contributed by atoms with Gasteiger partial charge in [-0.15, -0.1) is 0 Å².